The number of ketones is 1. The molecule has 23 heavy (non-hydrogen) atoms. The quantitative estimate of drug-likeness (QED) is 0.781. The van der Waals surface area contributed by atoms with Crippen LogP contribution in [0.3, 0.4) is 0 Å². The van der Waals surface area contributed by atoms with E-state index < -0.39 is 0 Å². The molecular weight excluding hydrogens is 300 g/mol. The Balaban J connectivity index is 1.62. The van der Waals surface area contributed by atoms with Crippen molar-refractivity contribution >= 4 is 17.8 Å². The highest BCUT2D eigenvalue weighted by Crippen LogP contribution is 2.31. The van der Waals surface area contributed by atoms with Crippen LogP contribution in [-0.4, -0.2) is 59.9 Å². The molecule has 2 amide bonds. The molecule has 4 rings (SSSR count). The first-order valence-electron chi connectivity index (χ1n) is 7.94. The molecule has 7 heteroatoms. The lowest BCUT2D eigenvalue weighted by Crippen LogP contribution is -2.53. The number of fused-ring (bicyclic) bond motifs is 2. The number of hydrogen-bond acceptors (Lipinski definition) is 5. The van der Waals surface area contributed by atoms with Crippen LogP contribution in [0.25, 0.3) is 0 Å². The maximum absolute atomic E-state index is 12.9. The van der Waals surface area contributed by atoms with E-state index in [1.165, 1.54) is 0 Å². The van der Waals surface area contributed by atoms with Gasteiger partial charge < -0.3 is 14.1 Å². The van der Waals surface area contributed by atoms with Gasteiger partial charge in [-0.05, 0) is 13.3 Å². The van der Waals surface area contributed by atoms with Crippen molar-refractivity contribution in [2.45, 2.75) is 32.2 Å². The van der Waals surface area contributed by atoms with Crippen LogP contribution < -0.4 is 0 Å². The van der Waals surface area contributed by atoms with E-state index in [1.54, 1.807) is 16.7 Å². The van der Waals surface area contributed by atoms with E-state index in [0.29, 0.717) is 61.7 Å². The molecule has 0 aromatic carbocycles. The number of piperazine rings is 1. The Bertz CT molecular complexity index is 708. The van der Waals surface area contributed by atoms with Gasteiger partial charge in [0.25, 0.3) is 5.91 Å². The molecular formula is C16H18N2O5. The molecule has 2 aliphatic heterocycles. The summed E-state index contributed by atoms with van der Waals surface area (Å²) in [6.45, 7) is 3.37. The predicted octanol–water partition coefficient (Wildman–Crippen LogP) is 1.38. The monoisotopic (exact) mass is 318 g/mol. The highest BCUT2D eigenvalue weighted by atomic mass is 16.6. The van der Waals surface area contributed by atoms with Crippen molar-refractivity contribution < 1.29 is 23.5 Å². The summed E-state index contributed by atoms with van der Waals surface area (Å²) in [6.07, 6.45) is 1.63. The van der Waals surface area contributed by atoms with Crippen LogP contribution in [0.1, 0.15) is 45.1 Å². The highest BCUT2D eigenvalue weighted by molar-refractivity contribution is 6.10. The number of rotatable bonds is 1. The fraction of sp³-hybridized carbons (Fsp3) is 0.562. The van der Waals surface area contributed by atoms with Gasteiger partial charge in [-0.3, -0.25) is 14.5 Å². The van der Waals surface area contributed by atoms with Gasteiger partial charge in [0.05, 0.1) is 17.2 Å². The van der Waals surface area contributed by atoms with Crippen molar-refractivity contribution in [1.82, 2.24) is 9.80 Å². The molecule has 0 saturated carbocycles. The molecule has 3 heterocycles. The molecule has 7 nitrogen and oxygen atoms in total. The number of aryl methyl sites for hydroxylation is 2. The molecule has 3 aliphatic rings. The molecule has 2 saturated heterocycles. The van der Waals surface area contributed by atoms with Crippen molar-refractivity contribution in [2.24, 2.45) is 0 Å². The Morgan fingerprint density at radius 1 is 1.22 bits per heavy atom. The second kappa shape index (κ2) is 5.11. The largest absolute Gasteiger partial charge is 0.465 e. The van der Waals surface area contributed by atoms with Gasteiger partial charge in [0.2, 0.25) is 0 Å². The summed E-state index contributed by atoms with van der Waals surface area (Å²) >= 11 is 0. The predicted molar refractivity (Wildman–Crippen MR) is 78.5 cm³/mol. The van der Waals surface area contributed by atoms with E-state index in [-0.39, 0.29) is 23.8 Å². The van der Waals surface area contributed by atoms with Crippen LogP contribution in [0.4, 0.5) is 4.79 Å². The average Bonchev–Trinajstić information content (AvgIpc) is 3.07. The van der Waals surface area contributed by atoms with E-state index >= 15 is 0 Å². The lowest BCUT2D eigenvalue weighted by Gasteiger charge is -2.35. The minimum absolute atomic E-state index is 0.00976. The molecule has 1 aromatic rings. The van der Waals surface area contributed by atoms with Crippen molar-refractivity contribution in [3.63, 3.8) is 0 Å². The number of carbonyl (C=O) groups excluding carboxylic acids is 3. The van der Waals surface area contributed by atoms with Crippen LogP contribution in [-0.2, 0) is 11.2 Å². The van der Waals surface area contributed by atoms with E-state index in [4.69, 9.17) is 9.15 Å². The Morgan fingerprint density at radius 2 is 2.04 bits per heavy atom. The first-order valence-corrected chi connectivity index (χ1v) is 7.94. The van der Waals surface area contributed by atoms with Crippen molar-refractivity contribution in [2.75, 3.05) is 26.2 Å². The van der Waals surface area contributed by atoms with Crippen LogP contribution >= 0.6 is 0 Å². The van der Waals surface area contributed by atoms with Gasteiger partial charge in [0.1, 0.15) is 18.1 Å². The van der Waals surface area contributed by atoms with Crippen LogP contribution in [0.15, 0.2) is 4.42 Å². The van der Waals surface area contributed by atoms with E-state index in [0.717, 1.165) is 6.42 Å². The van der Waals surface area contributed by atoms with Gasteiger partial charge in [-0.25, -0.2) is 4.79 Å². The number of carbonyl (C=O) groups is 3. The lowest BCUT2D eigenvalue weighted by molar-refractivity contribution is 0.0612. The Kier molecular flexibility index (Phi) is 3.18. The van der Waals surface area contributed by atoms with Crippen LogP contribution in [0, 0.1) is 6.92 Å². The van der Waals surface area contributed by atoms with Gasteiger partial charge in [0.15, 0.2) is 5.78 Å². The van der Waals surface area contributed by atoms with Gasteiger partial charge >= 0.3 is 6.09 Å². The number of hydrogen-bond donors (Lipinski definition) is 0. The van der Waals surface area contributed by atoms with Gasteiger partial charge in [-0.15, -0.1) is 0 Å². The summed E-state index contributed by atoms with van der Waals surface area (Å²) in [7, 11) is 0. The van der Waals surface area contributed by atoms with Gasteiger partial charge in [-0.2, -0.15) is 0 Å². The highest BCUT2D eigenvalue weighted by Gasteiger charge is 2.40. The number of Topliss-reactive ketones (excluding diaryl/α,β-unsaturated/α-hetero) is 1. The van der Waals surface area contributed by atoms with E-state index in [1.807, 2.05) is 0 Å². The topological polar surface area (TPSA) is 80.1 Å². The Hall–Kier alpha value is -2.31. The van der Waals surface area contributed by atoms with E-state index in [2.05, 4.69) is 0 Å². The van der Waals surface area contributed by atoms with Gasteiger partial charge in [0, 0.05) is 32.5 Å². The molecule has 0 bridgehead atoms. The normalized spacial score (nSPS) is 23.6. The summed E-state index contributed by atoms with van der Waals surface area (Å²) in [5.41, 5.74) is 0.878. The smallest absolute Gasteiger partial charge is 0.410 e. The maximum atomic E-state index is 12.9. The SMILES string of the molecule is Cc1oc2c(c1C(=O)N1CCN3C(=O)OC[C@H]3C1)C(=O)CCC2. The zero-order chi connectivity index (χ0) is 16.1. The second-order valence-electron chi connectivity index (χ2n) is 6.28. The summed E-state index contributed by atoms with van der Waals surface area (Å²) in [5.74, 6) is 0.961. The number of nitrogens with zero attached hydrogens (tertiary/aromatic N) is 2. The molecule has 0 N–H and O–H groups in total. The molecule has 1 aromatic heterocycles. The zero-order valence-electron chi connectivity index (χ0n) is 13.0. The molecule has 0 spiro atoms. The lowest BCUT2D eigenvalue weighted by atomic mass is 9.92. The number of cyclic esters (lactones) is 1. The second-order valence-corrected chi connectivity index (χ2v) is 6.28. The third-order valence-electron chi connectivity index (χ3n) is 4.86. The summed E-state index contributed by atoms with van der Waals surface area (Å²) < 4.78 is 10.7. The fourth-order valence-corrected chi connectivity index (χ4v) is 3.70. The summed E-state index contributed by atoms with van der Waals surface area (Å²) in [5, 5.41) is 0. The first kappa shape index (κ1) is 14.3. The van der Waals surface area contributed by atoms with Crippen molar-refractivity contribution in [3.8, 4) is 0 Å². The molecule has 122 valence electrons. The zero-order valence-corrected chi connectivity index (χ0v) is 13.0. The third kappa shape index (κ3) is 2.14. The van der Waals surface area contributed by atoms with Gasteiger partial charge in [-0.1, -0.05) is 0 Å². The Labute approximate surface area is 133 Å². The summed E-state index contributed by atoms with van der Waals surface area (Å²) in [4.78, 5) is 40.1. The number of ether oxygens (including phenoxy) is 1. The third-order valence-corrected chi connectivity index (χ3v) is 4.86. The molecule has 0 radical (unpaired) electrons. The fourth-order valence-electron chi connectivity index (χ4n) is 3.70. The number of furan rings is 1. The summed E-state index contributed by atoms with van der Waals surface area (Å²) in [6, 6.07) is -0.0982. The number of amides is 2. The molecule has 2 fully saturated rings. The van der Waals surface area contributed by atoms with E-state index in [9.17, 15) is 14.4 Å². The van der Waals surface area contributed by atoms with Crippen molar-refractivity contribution in [3.05, 3.63) is 22.6 Å². The average molecular weight is 318 g/mol. The first-order chi connectivity index (χ1) is 11.1. The molecule has 1 aliphatic carbocycles. The standard InChI is InChI=1S/C16H18N2O5/c1-9-13(14-11(19)3-2-4-12(14)23-9)15(20)17-5-6-18-10(7-17)8-22-16(18)21/h10H,2-8H2,1H3/t10-/m1/s1. The minimum Gasteiger partial charge on any atom is -0.465 e. The maximum Gasteiger partial charge on any atom is 0.410 e. The van der Waals surface area contributed by atoms with Crippen LogP contribution in [0.5, 0.6) is 0 Å². The molecule has 1 atom stereocenters. The minimum atomic E-state index is -0.311. The Morgan fingerprint density at radius 3 is 2.87 bits per heavy atom. The molecule has 0 unspecified atom stereocenters. The van der Waals surface area contributed by atoms with Crippen LogP contribution in [0.2, 0.25) is 0 Å². The van der Waals surface area contributed by atoms with Crippen molar-refractivity contribution in [1.29, 1.82) is 0 Å².